The van der Waals surface area contributed by atoms with E-state index in [9.17, 15) is 14.7 Å². The maximum Gasteiger partial charge on any atom is 0.326 e. The number of thioether (sulfide) groups is 1. The smallest absolute Gasteiger partial charge is 0.326 e. The fourth-order valence-corrected chi connectivity index (χ4v) is 4.89. The normalized spacial score (nSPS) is 15.6. The fraction of sp³-hybridized carbons (Fsp3) is 0.320. The van der Waals surface area contributed by atoms with Gasteiger partial charge in [-0.2, -0.15) is 0 Å². The Kier molecular flexibility index (Phi) is 9.38. The number of carboxylic acid groups (broad SMARTS) is 1. The molecule has 9 heteroatoms. The number of nitrogens with zero attached hydrogens (tertiary/aromatic N) is 1. The monoisotopic (exact) mass is 519 g/mol. The summed E-state index contributed by atoms with van der Waals surface area (Å²) < 4.78 is 11.9. The molecule has 0 saturated carbocycles. The van der Waals surface area contributed by atoms with E-state index in [1.54, 1.807) is 30.3 Å². The van der Waals surface area contributed by atoms with Crippen molar-refractivity contribution in [3.8, 4) is 11.5 Å². The van der Waals surface area contributed by atoms with Crippen LogP contribution in [0.4, 0.5) is 0 Å². The first kappa shape index (κ1) is 26.1. The molecule has 1 aliphatic heterocycles. The molecule has 34 heavy (non-hydrogen) atoms. The molecule has 1 saturated heterocycles. The van der Waals surface area contributed by atoms with E-state index < -0.39 is 12.0 Å². The summed E-state index contributed by atoms with van der Waals surface area (Å²) in [6, 6.07) is 11.8. The van der Waals surface area contributed by atoms with Crippen molar-refractivity contribution in [2.75, 3.05) is 6.61 Å². The van der Waals surface area contributed by atoms with Crippen LogP contribution in [-0.4, -0.2) is 38.9 Å². The third kappa shape index (κ3) is 6.52. The number of unbranched alkanes of at least 4 members (excludes halogenated alkanes) is 1. The van der Waals surface area contributed by atoms with Crippen molar-refractivity contribution in [3.05, 3.63) is 63.5 Å². The molecule has 180 valence electrons. The first-order chi connectivity index (χ1) is 16.3. The molecule has 1 aliphatic rings. The SMILES string of the molecule is CCCCC(C(=O)O)N1C(=O)/C(=C/c2ccc(OCc3ccc(Cl)cc3)c(OCC)c2)SC1=S. The van der Waals surface area contributed by atoms with Crippen LogP contribution in [0.2, 0.25) is 5.02 Å². The van der Waals surface area contributed by atoms with Gasteiger partial charge in [-0.1, -0.05) is 73.5 Å². The summed E-state index contributed by atoms with van der Waals surface area (Å²) in [5, 5.41) is 10.3. The van der Waals surface area contributed by atoms with Crippen molar-refractivity contribution in [2.45, 2.75) is 45.8 Å². The molecule has 0 spiro atoms. The van der Waals surface area contributed by atoms with E-state index in [2.05, 4.69) is 0 Å². The van der Waals surface area contributed by atoms with Crippen molar-refractivity contribution >= 4 is 57.9 Å². The molecule has 1 N–H and O–H groups in total. The number of thiocarbonyl (C=S) groups is 1. The largest absolute Gasteiger partial charge is 0.490 e. The van der Waals surface area contributed by atoms with Gasteiger partial charge in [-0.05, 0) is 54.8 Å². The molecule has 2 aromatic rings. The summed E-state index contributed by atoms with van der Waals surface area (Å²) in [4.78, 5) is 26.4. The van der Waals surface area contributed by atoms with Gasteiger partial charge in [-0.25, -0.2) is 4.79 Å². The van der Waals surface area contributed by atoms with Gasteiger partial charge in [-0.15, -0.1) is 0 Å². The van der Waals surface area contributed by atoms with Gasteiger partial charge in [0.15, 0.2) is 11.5 Å². The minimum absolute atomic E-state index is 0.257. The van der Waals surface area contributed by atoms with E-state index in [-0.39, 0.29) is 10.2 Å². The van der Waals surface area contributed by atoms with Crippen molar-refractivity contribution in [3.63, 3.8) is 0 Å². The van der Waals surface area contributed by atoms with E-state index >= 15 is 0 Å². The average Bonchev–Trinajstić information content (AvgIpc) is 3.07. The molecule has 1 heterocycles. The van der Waals surface area contributed by atoms with E-state index in [1.807, 2.05) is 32.0 Å². The minimum atomic E-state index is -1.05. The first-order valence-electron chi connectivity index (χ1n) is 11.0. The van der Waals surface area contributed by atoms with E-state index in [1.165, 1.54) is 4.90 Å². The second-order valence-corrected chi connectivity index (χ2v) is 9.71. The van der Waals surface area contributed by atoms with Crippen LogP contribution in [0.15, 0.2) is 47.4 Å². The second kappa shape index (κ2) is 12.2. The lowest BCUT2D eigenvalue weighted by atomic mass is 10.1. The summed E-state index contributed by atoms with van der Waals surface area (Å²) in [7, 11) is 0. The molecular weight excluding hydrogens is 494 g/mol. The van der Waals surface area contributed by atoms with Crippen LogP contribution in [-0.2, 0) is 16.2 Å². The van der Waals surface area contributed by atoms with Crippen LogP contribution in [0.1, 0.15) is 44.2 Å². The Hall–Kier alpha value is -2.55. The van der Waals surface area contributed by atoms with Gasteiger partial charge in [-0.3, -0.25) is 9.69 Å². The number of hydrogen-bond donors (Lipinski definition) is 1. The number of carbonyl (C=O) groups excluding carboxylic acids is 1. The molecule has 1 unspecified atom stereocenters. The Bertz CT molecular complexity index is 1090. The number of halogens is 1. The lowest BCUT2D eigenvalue weighted by Gasteiger charge is -2.22. The van der Waals surface area contributed by atoms with Crippen LogP contribution >= 0.6 is 35.6 Å². The molecular formula is C25H26ClNO5S2. The molecule has 1 atom stereocenters. The predicted octanol–water partition coefficient (Wildman–Crippen LogP) is 6.16. The predicted molar refractivity (Wildman–Crippen MR) is 139 cm³/mol. The summed E-state index contributed by atoms with van der Waals surface area (Å²) in [6.07, 6.45) is 3.59. The zero-order chi connectivity index (χ0) is 24.7. The summed E-state index contributed by atoms with van der Waals surface area (Å²) in [5.74, 6) is -0.314. The van der Waals surface area contributed by atoms with Gasteiger partial charge >= 0.3 is 5.97 Å². The van der Waals surface area contributed by atoms with Crippen LogP contribution in [0, 0.1) is 0 Å². The average molecular weight is 520 g/mol. The van der Waals surface area contributed by atoms with E-state index in [0.29, 0.717) is 47.5 Å². The van der Waals surface area contributed by atoms with Gasteiger partial charge in [0.1, 0.15) is 17.0 Å². The number of benzene rings is 2. The van der Waals surface area contributed by atoms with Crippen molar-refractivity contribution in [1.29, 1.82) is 0 Å². The van der Waals surface area contributed by atoms with Gasteiger partial charge in [0, 0.05) is 5.02 Å². The van der Waals surface area contributed by atoms with Crippen LogP contribution in [0.25, 0.3) is 6.08 Å². The number of amides is 1. The molecule has 0 aliphatic carbocycles. The topological polar surface area (TPSA) is 76.1 Å². The molecule has 6 nitrogen and oxygen atoms in total. The Morgan fingerprint density at radius 3 is 2.56 bits per heavy atom. The Labute approximate surface area is 213 Å². The summed E-state index contributed by atoms with van der Waals surface area (Å²) >= 11 is 12.4. The Morgan fingerprint density at radius 2 is 1.91 bits per heavy atom. The third-order valence-corrected chi connectivity index (χ3v) is 6.71. The quantitative estimate of drug-likeness (QED) is 0.281. The lowest BCUT2D eigenvalue weighted by Crippen LogP contribution is -2.43. The van der Waals surface area contributed by atoms with E-state index in [4.69, 9.17) is 33.3 Å². The Morgan fingerprint density at radius 1 is 1.18 bits per heavy atom. The molecule has 3 rings (SSSR count). The third-order valence-electron chi connectivity index (χ3n) is 5.12. The zero-order valence-corrected chi connectivity index (χ0v) is 21.3. The Balaban J connectivity index is 1.79. The highest BCUT2D eigenvalue weighted by molar-refractivity contribution is 8.26. The number of aliphatic carboxylic acids is 1. The number of carbonyl (C=O) groups is 2. The molecule has 1 fully saturated rings. The van der Waals surface area contributed by atoms with Crippen molar-refractivity contribution in [1.82, 2.24) is 4.90 Å². The van der Waals surface area contributed by atoms with E-state index in [0.717, 1.165) is 29.3 Å². The standard InChI is InChI=1S/C25H26ClNO5S2/c1-3-5-6-19(24(29)30)27-23(28)22(34-25(27)33)14-17-9-12-20(21(13-17)31-4-2)32-15-16-7-10-18(26)11-8-16/h7-14,19H,3-6,15H2,1-2H3,(H,29,30)/b22-14-. The maximum atomic E-state index is 13.0. The highest BCUT2D eigenvalue weighted by Gasteiger charge is 2.40. The van der Waals surface area contributed by atoms with Gasteiger partial charge < -0.3 is 14.6 Å². The minimum Gasteiger partial charge on any atom is -0.490 e. The van der Waals surface area contributed by atoms with Gasteiger partial charge in [0.25, 0.3) is 5.91 Å². The fourth-order valence-electron chi connectivity index (χ4n) is 3.40. The first-order valence-corrected chi connectivity index (χ1v) is 12.6. The lowest BCUT2D eigenvalue weighted by molar-refractivity contribution is -0.145. The van der Waals surface area contributed by atoms with Gasteiger partial charge in [0.2, 0.25) is 0 Å². The number of ether oxygens (including phenoxy) is 2. The maximum absolute atomic E-state index is 13.0. The van der Waals surface area contributed by atoms with Gasteiger partial charge in [0.05, 0.1) is 11.5 Å². The van der Waals surface area contributed by atoms with Crippen molar-refractivity contribution < 1.29 is 24.2 Å². The highest BCUT2D eigenvalue weighted by atomic mass is 35.5. The van der Waals surface area contributed by atoms with Crippen LogP contribution in [0.3, 0.4) is 0 Å². The van der Waals surface area contributed by atoms with Crippen LogP contribution in [0.5, 0.6) is 11.5 Å². The van der Waals surface area contributed by atoms with Crippen molar-refractivity contribution in [2.24, 2.45) is 0 Å². The molecule has 1 amide bonds. The summed E-state index contributed by atoms with van der Waals surface area (Å²) in [5.41, 5.74) is 1.69. The second-order valence-electron chi connectivity index (χ2n) is 7.60. The molecule has 0 radical (unpaired) electrons. The van der Waals surface area contributed by atoms with Crippen LogP contribution < -0.4 is 9.47 Å². The number of rotatable bonds is 11. The number of carboxylic acids is 1. The number of hydrogen-bond acceptors (Lipinski definition) is 6. The molecule has 0 bridgehead atoms. The molecule has 0 aromatic heterocycles. The highest BCUT2D eigenvalue weighted by Crippen LogP contribution is 2.36. The molecule has 2 aromatic carbocycles. The summed E-state index contributed by atoms with van der Waals surface area (Å²) in [6.45, 7) is 4.65. The zero-order valence-electron chi connectivity index (χ0n) is 19.0.